The molecule has 0 aliphatic rings. The Morgan fingerprint density at radius 1 is 1.17 bits per heavy atom. The van der Waals surface area contributed by atoms with Crippen molar-refractivity contribution in [3.05, 3.63) is 65.7 Å². The SMILES string of the molecule is CCc1ccc(NS(=O)(=O)c2ccccc2)c(C=CC(=O)OC)c1. The van der Waals surface area contributed by atoms with E-state index in [-0.39, 0.29) is 4.90 Å². The van der Waals surface area contributed by atoms with Gasteiger partial charge in [0, 0.05) is 6.08 Å². The van der Waals surface area contributed by atoms with Crippen molar-refractivity contribution in [2.45, 2.75) is 18.2 Å². The number of carbonyl (C=O) groups is 1. The maximum absolute atomic E-state index is 12.5. The molecule has 0 radical (unpaired) electrons. The lowest BCUT2D eigenvalue weighted by Crippen LogP contribution is -2.13. The first kappa shape index (κ1) is 17.7. The summed E-state index contributed by atoms with van der Waals surface area (Å²) >= 11 is 0. The van der Waals surface area contributed by atoms with Gasteiger partial charge in [-0.05, 0) is 47.9 Å². The van der Waals surface area contributed by atoms with E-state index in [1.807, 2.05) is 19.1 Å². The summed E-state index contributed by atoms with van der Waals surface area (Å²) in [7, 11) is -2.41. The van der Waals surface area contributed by atoms with Crippen molar-refractivity contribution in [1.29, 1.82) is 0 Å². The van der Waals surface area contributed by atoms with Gasteiger partial charge >= 0.3 is 5.97 Å². The van der Waals surface area contributed by atoms with Gasteiger partial charge in [0.25, 0.3) is 10.0 Å². The Balaban J connectivity index is 2.39. The van der Waals surface area contributed by atoms with E-state index in [2.05, 4.69) is 9.46 Å². The van der Waals surface area contributed by atoms with Crippen molar-refractivity contribution < 1.29 is 17.9 Å². The summed E-state index contributed by atoms with van der Waals surface area (Å²) in [5, 5.41) is 0. The minimum absolute atomic E-state index is 0.174. The lowest BCUT2D eigenvalue weighted by Gasteiger charge is -2.12. The van der Waals surface area contributed by atoms with E-state index in [9.17, 15) is 13.2 Å². The highest BCUT2D eigenvalue weighted by Crippen LogP contribution is 2.23. The molecule has 0 saturated carbocycles. The second-order valence-electron chi connectivity index (χ2n) is 5.05. The predicted octanol–water partition coefficient (Wildman–Crippen LogP) is 3.24. The van der Waals surface area contributed by atoms with Gasteiger partial charge in [0.05, 0.1) is 17.7 Å². The second kappa shape index (κ2) is 7.79. The van der Waals surface area contributed by atoms with Crippen LogP contribution in [-0.4, -0.2) is 21.5 Å². The van der Waals surface area contributed by atoms with E-state index < -0.39 is 16.0 Å². The third-order valence-corrected chi connectivity index (χ3v) is 4.80. The van der Waals surface area contributed by atoms with Gasteiger partial charge in [0.15, 0.2) is 0 Å². The highest BCUT2D eigenvalue weighted by atomic mass is 32.2. The fraction of sp³-hybridized carbons (Fsp3) is 0.167. The van der Waals surface area contributed by atoms with Gasteiger partial charge in [0.2, 0.25) is 0 Å². The van der Waals surface area contributed by atoms with Crippen LogP contribution in [0.4, 0.5) is 5.69 Å². The zero-order valence-corrected chi connectivity index (χ0v) is 14.3. The number of hydrogen-bond donors (Lipinski definition) is 1. The Kier molecular flexibility index (Phi) is 5.76. The molecule has 0 aromatic heterocycles. The molecule has 0 aliphatic carbocycles. The average Bonchev–Trinajstić information content (AvgIpc) is 2.61. The van der Waals surface area contributed by atoms with E-state index in [1.165, 1.54) is 31.4 Å². The smallest absolute Gasteiger partial charge is 0.330 e. The zero-order chi connectivity index (χ0) is 17.6. The molecule has 0 saturated heterocycles. The first-order valence-electron chi connectivity index (χ1n) is 7.43. The van der Waals surface area contributed by atoms with Gasteiger partial charge in [0.1, 0.15) is 0 Å². The van der Waals surface area contributed by atoms with Crippen molar-refractivity contribution in [3.8, 4) is 0 Å². The fourth-order valence-electron chi connectivity index (χ4n) is 2.09. The number of carbonyl (C=O) groups excluding carboxylic acids is 1. The molecule has 0 atom stereocenters. The van der Waals surface area contributed by atoms with Crippen molar-refractivity contribution in [1.82, 2.24) is 0 Å². The molecule has 0 unspecified atom stereocenters. The standard InChI is InChI=1S/C18H19NO4S/c1-3-14-9-11-17(15(13-14)10-12-18(20)23-2)19-24(21,22)16-7-5-4-6-8-16/h4-13,19H,3H2,1-2H3. The summed E-state index contributed by atoms with van der Waals surface area (Å²) in [4.78, 5) is 11.5. The molecule has 0 aliphatic heterocycles. The first-order chi connectivity index (χ1) is 11.5. The van der Waals surface area contributed by atoms with Crippen LogP contribution in [-0.2, 0) is 26.0 Å². The zero-order valence-electron chi connectivity index (χ0n) is 13.5. The number of ether oxygens (including phenoxy) is 1. The predicted molar refractivity (Wildman–Crippen MR) is 94.1 cm³/mol. The molecule has 5 nitrogen and oxygen atoms in total. The second-order valence-corrected chi connectivity index (χ2v) is 6.73. The maximum atomic E-state index is 12.5. The molecule has 0 amide bonds. The van der Waals surface area contributed by atoms with Crippen LogP contribution in [0.1, 0.15) is 18.1 Å². The summed E-state index contributed by atoms with van der Waals surface area (Å²) in [5.74, 6) is -0.506. The van der Waals surface area contributed by atoms with Gasteiger partial charge in [-0.3, -0.25) is 4.72 Å². The molecule has 2 rings (SSSR count). The van der Waals surface area contributed by atoms with Gasteiger partial charge in [-0.2, -0.15) is 0 Å². The highest BCUT2D eigenvalue weighted by molar-refractivity contribution is 7.92. The van der Waals surface area contributed by atoms with Crippen LogP contribution in [0.25, 0.3) is 6.08 Å². The molecular weight excluding hydrogens is 326 g/mol. The number of rotatable bonds is 6. The molecule has 2 aromatic carbocycles. The van der Waals surface area contributed by atoms with Crippen LogP contribution < -0.4 is 4.72 Å². The van der Waals surface area contributed by atoms with Crippen molar-refractivity contribution >= 4 is 27.8 Å². The Bertz CT molecular complexity index is 843. The molecule has 6 heteroatoms. The van der Waals surface area contributed by atoms with Gasteiger partial charge in [-0.25, -0.2) is 13.2 Å². The Hall–Kier alpha value is -2.60. The highest BCUT2D eigenvalue weighted by Gasteiger charge is 2.15. The van der Waals surface area contributed by atoms with Crippen molar-refractivity contribution in [2.24, 2.45) is 0 Å². The number of anilines is 1. The van der Waals surface area contributed by atoms with E-state index in [4.69, 9.17) is 0 Å². The summed E-state index contributed by atoms with van der Waals surface area (Å²) in [5.41, 5.74) is 2.03. The largest absolute Gasteiger partial charge is 0.466 e. The topological polar surface area (TPSA) is 72.5 Å². The first-order valence-corrected chi connectivity index (χ1v) is 8.91. The minimum atomic E-state index is -3.70. The number of esters is 1. The summed E-state index contributed by atoms with van der Waals surface area (Å²) in [6, 6.07) is 13.5. The molecule has 24 heavy (non-hydrogen) atoms. The summed E-state index contributed by atoms with van der Waals surface area (Å²) in [6.45, 7) is 2.00. The number of nitrogens with one attached hydrogen (secondary N) is 1. The fourth-order valence-corrected chi connectivity index (χ4v) is 3.20. The van der Waals surface area contributed by atoms with E-state index in [0.717, 1.165) is 12.0 Å². The number of benzene rings is 2. The molecule has 0 heterocycles. The lowest BCUT2D eigenvalue weighted by molar-refractivity contribution is -0.134. The number of methoxy groups -OCH3 is 1. The number of sulfonamides is 1. The molecule has 0 fully saturated rings. The molecule has 1 N–H and O–H groups in total. The average molecular weight is 345 g/mol. The van der Waals surface area contributed by atoms with Gasteiger partial charge < -0.3 is 4.74 Å². The number of aryl methyl sites for hydroxylation is 1. The van der Waals surface area contributed by atoms with Crippen LogP contribution in [0.2, 0.25) is 0 Å². The minimum Gasteiger partial charge on any atom is -0.466 e. The van der Waals surface area contributed by atoms with Crippen LogP contribution in [0.15, 0.2) is 59.5 Å². The van der Waals surface area contributed by atoms with E-state index in [1.54, 1.807) is 24.3 Å². The van der Waals surface area contributed by atoms with Crippen LogP contribution >= 0.6 is 0 Å². The summed E-state index contributed by atoms with van der Waals surface area (Å²) in [6.07, 6.45) is 3.59. The molecule has 0 bridgehead atoms. The van der Waals surface area contributed by atoms with Crippen LogP contribution in [0, 0.1) is 0 Å². The monoisotopic (exact) mass is 345 g/mol. The van der Waals surface area contributed by atoms with E-state index in [0.29, 0.717) is 11.3 Å². The Morgan fingerprint density at radius 3 is 2.50 bits per heavy atom. The normalized spacial score (nSPS) is 11.4. The van der Waals surface area contributed by atoms with Gasteiger partial charge in [-0.1, -0.05) is 31.2 Å². The quantitative estimate of drug-likeness (QED) is 0.644. The molecule has 2 aromatic rings. The molecular formula is C18H19NO4S. The van der Waals surface area contributed by atoms with Crippen molar-refractivity contribution in [2.75, 3.05) is 11.8 Å². The summed E-state index contributed by atoms with van der Waals surface area (Å²) < 4.78 is 32.1. The number of hydrogen-bond acceptors (Lipinski definition) is 4. The third kappa shape index (κ3) is 4.45. The maximum Gasteiger partial charge on any atom is 0.330 e. The molecule has 0 spiro atoms. The van der Waals surface area contributed by atoms with Crippen molar-refractivity contribution in [3.63, 3.8) is 0 Å². The van der Waals surface area contributed by atoms with Crippen LogP contribution in [0.5, 0.6) is 0 Å². The lowest BCUT2D eigenvalue weighted by atomic mass is 10.1. The Morgan fingerprint density at radius 2 is 1.88 bits per heavy atom. The third-order valence-electron chi connectivity index (χ3n) is 3.42. The van der Waals surface area contributed by atoms with Crippen LogP contribution in [0.3, 0.4) is 0 Å². The van der Waals surface area contributed by atoms with E-state index >= 15 is 0 Å². The molecule has 126 valence electrons. The van der Waals surface area contributed by atoms with Gasteiger partial charge in [-0.15, -0.1) is 0 Å². The Labute approximate surface area is 142 Å².